The van der Waals surface area contributed by atoms with Gasteiger partial charge in [-0.05, 0) is 6.92 Å². The van der Waals surface area contributed by atoms with Crippen molar-refractivity contribution in [2.24, 2.45) is 0 Å². The summed E-state index contributed by atoms with van der Waals surface area (Å²) in [7, 11) is 1.53. The molecular formula is C9H16N2O4. The summed E-state index contributed by atoms with van der Waals surface area (Å²) in [6.07, 6.45) is 0.376. The van der Waals surface area contributed by atoms with E-state index in [1.807, 2.05) is 0 Å². The molecule has 0 aromatic carbocycles. The molecule has 1 atom stereocenters. The first kappa shape index (κ1) is 11.9. The lowest BCUT2D eigenvalue weighted by Crippen LogP contribution is -2.44. The molecule has 1 heterocycles. The quantitative estimate of drug-likeness (QED) is 0.597. The second-order valence-corrected chi connectivity index (χ2v) is 3.88. The number of ether oxygens (including phenoxy) is 1. The summed E-state index contributed by atoms with van der Waals surface area (Å²) in [6, 6.07) is -0.447. The summed E-state index contributed by atoms with van der Waals surface area (Å²) >= 11 is 0. The highest BCUT2D eigenvalue weighted by Gasteiger charge is 2.34. The number of urea groups is 1. The zero-order valence-corrected chi connectivity index (χ0v) is 8.95. The number of hydrogen-bond acceptors (Lipinski definition) is 4. The Kier molecular flexibility index (Phi) is 3.65. The van der Waals surface area contributed by atoms with Gasteiger partial charge in [0, 0.05) is 20.1 Å². The molecule has 15 heavy (non-hydrogen) atoms. The van der Waals surface area contributed by atoms with E-state index in [4.69, 9.17) is 4.74 Å². The second-order valence-electron chi connectivity index (χ2n) is 3.88. The third-order valence-corrected chi connectivity index (χ3v) is 2.28. The second kappa shape index (κ2) is 4.59. The first-order valence-electron chi connectivity index (χ1n) is 4.76. The number of rotatable bonds is 5. The molecule has 0 saturated carbocycles. The number of imide groups is 1. The summed E-state index contributed by atoms with van der Waals surface area (Å²) in [4.78, 5) is 23.4. The van der Waals surface area contributed by atoms with Crippen LogP contribution in [0.15, 0.2) is 0 Å². The summed E-state index contributed by atoms with van der Waals surface area (Å²) in [6.45, 7) is 1.97. The van der Waals surface area contributed by atoms with Gasteiger partial charge in [-0.1, -0.05) is 0 Å². The van der Waals surface area contributed by atoms with Crippen molar-refractivity contribution in [3.05, 3.63) is 0 Å². The van der Waals surface area contributed by atoms with E-state index < -0.39 is 11.6 Å². The maximum Gasteiger partial charge on any atom is 0.324 e. The van der Waals surface area contributed by atoms with Crippen molar-refractivity contribution in [3.8, 4) is 0 Å². The van der Waals surface area contributed by atoms with Crippen LogP contribution in [0.2, 0.25) is 0 Å². The molecule has 0 spiro atoms. The van der Waals surface area contributed by atoms with E-state index in [1.165, 1.54) is 7.11 Å². The molecule has 0 aromatic heterocycles. The Morgan fingerprint density at radius 1 is 1.60 bits per heavy atom. The molecule has 1 aliphatic rings. The molecule has 1 unspecified atom stereocenters. The van der Waals surface area contributed by atoms with Gasteiger partial charge in [-0.3, -0.25) is 9.69 Å². The number of methoxy groups -OCH3 is 1. The fourth-order valence-corrected chi connectivity index (χ4v) is 1.36. The summed E-state index contributed by atoms with van der Waals surface area (Å²) in [5, 5.41) is 12.3. The van der Waals surface area contributed by atoms with E-state index >= 15 is 0 Å². The normalized spacial score (nSPS) is 20.3. The van der Waals surface area contributed by atoms with E-state index in [9.17, 15) is 14.7 Å². The number of nitrogens with zero attached hydrogens (tertiary/aromatic N) is 1. The molecule has 6 nitrogen and oxygen atoms in total. The maximum absolute atomic E-state index is 11.2. The Morgan fingerprint density at radius 3 is 2.73 bits per heavy atom. The topological polar surface area (TPSA) is 78.9 Å². The lowest BCUT2D eigenvalue weighted by atomic mass is 10.0. The molecule has 1 rings (SSSR count). The zero-order chi connectivity index (χ0) is 11.5. The predicted octanol–water partition coefficient (Wildman–Crippen LogP) is -0.674. The van der Waals surface area contributed by atoms with E-state index in [1.54, 1.807) is 6.92 Å². The zero-order valence-electron chi connectivity index (χ0n) is 8.95. The minimum absolute atomic E-state index is 0.00102. The molecule has 6 heteroatoms. The van der Waals surface area contributed by atoms with Crippen LogP contribution in [0, 0.1) is 0 Å². The Balaban J connectivity index is 2.52. The molecular weight excluding hydrogens is 200 g/mol. The van der Waals surface area contributed by atoms with Crippen LogP contribution in [0.3, 0.4) is 0 Å². The third kappa shape index (κ3) is 3.17. The fraction of sp³-hybridized carbons (Fsp3) is 0.778. The Hall–Kier alpha value is -1.14. The number of carbonyl (C=O) groups excluding carboxylic acids is 2. The van der Waals surface area contributed by atoms with Crippen molar-refractivity contribution in [1.82, 2.24) is 10.2 Å². The molecule has 1 saturated heterocycles. The number of nitrogens with one attached hydrogen (secondary N) is 1. The fourth-order valence-electron chi connectivity index (χ4n) is 1.36. The van der Waals surface area contributed by atoms with Crippen LogP contribution < -0.4 is 5.32 Å². The molecule has 0 radical (unpaired) electrons. The highest BCUT2D eigenvalue weighted by Crippen LogP contribution is 2.13. The standard InChI is InChI=1S/C9H16N2O4/c1-9(14,3-4-15-2)6-11-7(12)5-10-8(11)13/h14H,3-6H2,1-2H3,(H,10,13). The van der Waals surface area contributed by atoms with Crippen molar-refractivity contribution in [3.63, 3.8) is 0 Å². The number of amides is 3. The van der Waals surface area contributed by atoms with Crippen LogP contribution in [0.4, 0.5) is 4.79 Å². The third-order valence-electron chi connectivity index (χ3n) is 2.28. The van der Waals surface area contributed by atoms with Gasteiger partial charge in [0.25, 0.3) is 0 Å². The lowest BCUT2D eigenvalue weighted by molar-refractivity contribution is -0.127. The maximum atomic E-state index is 11.2. The van der Waals surface area contributed by atoms with Crippen molar-refractivity contribution >= 4 is 11.9 Å². The van der Waals surface area contributed by atoms with Gasteiger partial charge in [0.15, 0.2) is 0 Å². The minimum atomic E-state index is -1.10. The summed E-state index contributed by atoms with van der Waals surface area (Å²) in [5.41, 5.74) is -1.10. The summed E-state index contributed by atoms with van der Waals surface area (Å²) in [5.74, 6) is -0.308. The van der Waals surface area contributed by atoms with Crippen molar-refractivity contribution < 1.29 is 19.4 Å². The van der Waals surface area contributed by atoms with Crippen LogP contribution in [-0.2, 0) is 9.53 Å². The summed E-state index contributed by atoms with van der Waals surface area (Å²) < 4.78 is 4.83. The average molecular weight is 216 g/mol. The van der Waals surface area contributed by atoms with Gasteiger partial charge < -0.3 is 15.2 Å². The van der Waals surface area contributed by atoms with Crippen LogP contribution in [0.1, 0.15) is 13.3 Å². The van der Waals surface area contributed by atoms with E-state index in [0.29, 0.717) is 13.0 Å². The van der Waals surface area contributed by atoms with Crippen molar-refractivity contribution in [2.75, 3.05) is 26.8 Å². The number of aliphatic hydroxyl groups is 1. The van der Waals surface area contributed by atoms with Gasteiger partial charge in [0.05, 0.1) is 18.7 Å². The predicted molar refractivity (Wildman–Crippen MR) is 52.2 cm³/mol. The van der Waals surface area contributed by atoms with Crippen LogP contribution in [0.25, 0.3) is 0 Å². The first-order valence-corrected chi connectivity index (χ1v) is 4.76. The molecule has 0 bridgehead atoms. The molecule has 86 valence electrons. The van der Waals surface area contributed by atoms with Gasteiger partial charge in [-0.25, -0.2) is 4.79 Å². The Labute approximate surface area is 88.2 Å². The monoisotopic (exact) mass is 216 g/mol. The van der Waals surface area contributed by atoms with Gasteiger partial charge in [0.2, 0.25) is 5.91 Å². The molecule has 1 aliphatic heterocycles. The van der Waals surface area contributed by atoms with E-state index in [2.05, 4.69) is 5.32 Å². The Bertz CT molecular complexity index is 249. The molecule has 3 amide bonds. The lowest BCUT2D eigenvalue weighted by Gasteiger charge is -2.26. The molecule has 1 fully saturated rings. The van der Waals surface area contributed by atoms with Gasteiger partial charge in [0.1, 0.15) is 0 Å². The molecule has 2 N–H and O–H groups in total. The average Bonchev–Trinajstić information content (AvgIpc) is 2.46. The van der Waals surface area contributed by atoms with Crippen LogP contribution in [-0.4, -0.2) is 54.4 Å². The van der Waals surface area contributed by atoms with E-state index in [-0.39, 0.29) is 19.0 Å². The number of β-amino-alcohol motifs (C(OH)–C–C–N with tert-alkyl or cyclic N) is 1. The SMILES string of the molecule is COCCC(C)(O)CN1C(=O)CNC1=O. The van der Waals surface area contributed by atoms with E-state index in [0.717, 1.165) is 4.90 Å². The highest BCUT2D eigenvalue weighted by molar-refractivity contribution is 6.01. The van der Waals surface area contributed by atoms with Crippen LogP contribution >= 0.6 is 0 Å². The van der Waals surface area contributed by atoms with Gasteiger partial charge in [-0.2, -0.15) is 0 Å². The largest absolute Gasteiger partial charge is 0.388 e. The van der Waals surface area contributed by atoms with Crippen LogP contribution in [0.5, 0.6) is 0 Å². The molecule has 0 aromatic rings. The van der Waals surface area contributed by atoms with Gasteiger partial charge >= 0.3 is 6.03 Å². The Morgan fingerprint density at radius 2 is 2.27 bits per heavy atom. The van der Waals surface area contributed by atoms with Crippen molar-refractivity contribution in [1.29, 1.82) is 0 Å². The highest BCUT2D eigenvalue weighted by atomic mass is 16.5. The smallest absolute Gasteiger partial charge is 0.324 e. The minimum Gasteiger partial charge on any atom is -0.388 e. The van der Waals surface area contributed by atoms with Crippen molar-refractivity contribution in [2.45, 2.75) is 18.9 Å². The first-order chi connectivity index (χ1) is 6.96. The number of carbonyl (C=O) groups is 2. The number of hydrogen-bond donors (Lipinski definition) is 2. The van der Waals surface area contributed by atoms with Gasteiger partial charge in [-0.15, -0.1) is 0 Å². The molecule has 0 aliphatic carbocycles.